The van der Waals surface area contributed by atoms with Crippen LogP contribution in [-0.2, 0) is 4.79 Å². The van der Waals surface area contributed by atoms with E-state index in [2.05, 4.69) is 16.0 Å². The maximum Gasteiger partial charge on any atom is 0.224 e. The van der Waals surface area contributed by atoms with Crippen molar-refractivity contribution in [1.29, 1.82) is 0 Å². The van der Waals surface area contributed by atoms with Gasteiger partial charge in [-0.15, -0.1) is 0 Å². The summed E-state index contributed by atoms with van der Waals surface area (Å²) in [6.07, 6.45) is 0.476. The van der Waals surface area contributed by atoms with Gasteiger partial charge in [-0.3, -0.25) is 4.79 Å². The van der Waals surface area contributed by atoms with Crippen LogP contribution < -0.4 is 16.0 Å². The maximum absolute atomic E-state index is 11.4. The Hall–Kier alpha value is -3.27. The molecule has 0 aliphatic heterocycles. The average molecular weight is 331 g/mol. The summed E-state index contributed by atoms with van der Waals surface area (Å²) >= 11 is 0. The summed E-state index contributed by atoms with van der Waals surface area (Å²) in [6, 6.07) is 25.9. The Morgan fingerprint density at radius 2 is 1.04 bits per heavy atom. The molecule has 0 atom stereocenters. The topological polar surface area (TPSA) is 53.2 Å². The zero-order valence-corrected chi connectivity index (χ0v) is 14.1. The highest BCUT2D eigenvalue weighted by atomic mass is 16.1. The molecule has 3 N–H and O–H groups in total. The van der Waals surface area contributed by atoms with E-state index in [0.717, 1.165) is 28.4 Å². The molecular formula is C21H21N3O. The molecule has 0 aromatic heterocycles. The zero-order valence-electron chi connectivity index (χ0n) is 14.1. The standard InChI is InChI=1S/C21H21N3O/c1-2-21(25)24-20-14-12-19(13-15-20)23-18-10-8-17(9-11-18)22-16-6-4-3-5-7-16/h3-15,22-23H,2H2,1H3,(H,24,25). The first-order valence-electron chi connectivity index (χ1n) is 8.32. The lowest BCUT2D eigenvalue weighted by molar-refractivity contribution is -0.115. The quantitative estimate of drug-likeness (QED) is 0.557. The second-order valence-electron chi connectivity index (χ2n) is 5.67. The van der Waals surface area contributed by atoms with Crippen molar-refractivity contribution in [3.05, 3.63) is 78.9 Å². The van der Waals surface area contributed by atoms with E-state index in [9.17, 15) is 4.79 Å². The summed E-state index contributed by atoms with van der Waals surface area (Å²) in [5, 5.41) is 9.55. The second-order valence-corrected chi connectivity index (χ2v) is 5.67. The van der Waals surface area contributed by atoms with Gasteiger partial charge < -0.3 is 16.0 Å². The van der Waals surface area contributed by atoms with Gasteiger partial charge in [-0.05, 0) is 60.7 Å². The molecule has 4 nitrogen and oxygen atoms in total. The Morgan fingerprint density at radius 1 is 0.640 bits per heavy atom. The van der Waals surface area contributed by atoms with E-state index < -0.39 is 0 Å². The van der Waals surface area contributed by atoms with Crippen LogP contribution in [0.15, 0.2) is 78.9 Å². The number of carbonyl (C=O) groups is 1. The van der Waals surface area contributed by atoms with E-state index in [0.29, 0.717) is 6.42 Å². The average Bonchev–Trinajstić information content (AvgIpc) is 2.66. The Morgan fingerprint density at radius 3 is 1.48 bits per heavy atom. The van der Waals surface area contributed by atoms with Crippen molar-refractivity contribution in [2.45, 2.75) is 13.3 Å². The summed E-state index contributed by atoms with van der Waals surface area (Å²) in [5.41, 5.74) is 4.88. The first kappa shape index (κ1) is 16.6. The Labute approximate surface area is 147 Å². The first-order chi connectivity index (χ1) is 12.2. The summed E-state index contributed by atoms with van der Waals surface area (Å²) in [7, 11) is 0. The van der Waals surface area contributed by atoms with Crippen LogP contribution in [0.2, 0.25) is 0 Å². The van der Waals surface area contributed by atoms with Crippen molar-refractivity contribution in [1.82, 2.24) is 0 Å². The third kappa shape index (κ3) is 4.85. The molecule has 0 bridgehead atoms. The van der Waals surface area contributed by atoms with Crippen molar-refractivity contribution in [3.8, 4) is 0 Å². The molecule has 4 heteroatoms. The SMILES string of the molecule is CCC(=O)Nc1ccc(Nc2ccc(Nc3ccccc3)cc2)cc1. The fraction of sp³-hybridized carbons (Fsp3) is 0.0952. The smallest absolute Gasteiger partial charge is 0.224 e. The van der Waals surface area contributed by atoms with E-state index in [1.165, 1.54) is 0 Å². The van der Waals surface area contributed by atoms with Gasteiger partial charge in [0, 0.05) is 34.9 Å². The lowest BCUT2D eigenvalue weighted by Gasteiger charge is -2.10. The predicted octanol–water partition coefficient (Wildman–Crippen LogP) is 5.52. The van der Waals surface area contributed by atoms with Crippen LogP contribution in [0.4, 0.5) is 28.4 Å². The van der Waals surface area contributed by atoms with E-state index >= 15 is 0 Å². The third-order valence-corrected chi connectivity index (χ3v) is 3.73. The van der Waals surface area contributed by atoms with Gasteiger partial charge in [-0.25, -0.2) is 0 Å². The minimum Gasteiger partial charge on any atom is -0.356 e. The molecule has 0 saturated carbocycles. The molecule has 0 heterocycles. The van der Waals surface area contributed by atoms with Crippen LogP contribution in [0.1, 0.15) is 13.3 Å². The van der Waals surface area contributed by atoms with Crippen LogP contribution in [0.3, 0.4) is 0 Å². The number of hydrogen-bond donors (Lipinski definition) is 3. The van der Waals surface area contributed by atoms with Gasteiger partial charge in [0.05, 0.1) is 0 Å². The zero-order chi connectivity index (χ0) is 17.5. The second kappa shape index (κ2) is 8.02. The van der Waals surface area contributed by atoms with Crippen molar-refractivity contribution in [2.24, 2.45) is 0 Å². The van der Waals surface area contributed by atoms with Crippen molar-refractivity contribution in [2.75, 3.05) is 16.0 Å². The number of benzene rings is 3. The molecule has 0 spiro atoms. The number of carbonyl (C=O) groups excluding carboxylic acids is 1. The van der Waals surface area contributed by atoms with E-state index in [-0.39, 0.29) is 5.91 Å². The molecular weight excluding hydrogens is 310 g/mol. The molecule has 0 aliphatic carbocycles. The normalized spacial score (nSPS) is 10.1. The van der Waals surface area contributed by atoms with Gasteiger partial charge in [-0.1, -0.05) is 25.1 Å². The Bertz CT molecular complexity index is 812. The predicted molar refractivity (Wildman–Crippen MR) is 105 cm³/mol. The Kier molecular flexibility index (Phi) is 5.32. The van der Waals surface area contributed by atoms with Crippen LogP contribution in [0.25, 0.3) is 0 Å². The minimum absolute atomic E-state index is 0.0159. The van der Waals surface area contributed by atoms with Gasteiger partial charge >= 0.3 is 0 Å². The van der Waals surface area contributed by atoms with Crippen LogP contribution >= 0.6 is 0 Å². The molecule has 25 heavy (non-hydrogen) atoms. The van der Waals surface area contributed by atoms with E-state index in [1.54, 1.807) is 0 Å². The fourth-order valence-corrected chi connectivity index (χ4v) is 2.38. The number of anilines is 5. The number of nitrogens with one attached hydrogen (secondary N) is 3. The Balaban J connectivity index is 1.60. The number of hydrogen-bond acceptors (Lipinski definition) is 3. The van der Waals surface area contributed by atoms with Gasteiger partial charge in [-0.2, -0.15) is 0 Å². The molecule has 3 rings (SSSR count). The highest BCUT2D eigenvalue weighted by molar-refractivity contribution is 5.90. The van der Waals surface area contributed by atoms with Gasteiger partial charge in [0.15, 0.2) is 0 Å². The number of amides is 1. The lowest BCUT2D eigenvalue weighted by atomic mass is 10.2. The van der Waals surface area contributed by atoms with Crippen LogP contribution in [-0.4, -0.2) is 5.91 Å². The summed E-state index contributed by atoms with van der Waals surface area (Å²) in [6.45, 7) is 1.83. The summed E-state index contributed by atoms with van der Waals surface area (Å²) < 4.78 is 0. The van der Waals surface area contributed by atoms with Crippen molar-refractivity contribution < 1.29 is 4.79 Å². The van der Waals surface area contributed by atoms with Crippen LogP contribution in [0, 0.1) is 0 Å². The molecule has 0 radical (unpaired) electrons. The minimum atomic E-state index is 0.0159. The monoisotopic (exact) mass is 331 g/mol. The first-order valence-corrected chi connectivity index (χ1v) is 8.32. The molecule has 0 aliphatic rings. The summed E-state index contributed by atoms with van der Waals surface area (Å²) in [4.78, 5) is 11.4. The van der Waals surface area contributed by atoms with Crippen molar-refractivity contribution in [3.63, 3.8) is 0 Å². The molecule has 1 amide bonds. The van der Waals surface area contributed by atoms with Gasteiger partial charge in [0.1, 0.15) is 0 Å². The highest BCUT2D eigenvalue weighted by Gasteiger charge is 2.00. The van der Waals surface area contributed by atoms with Gasteiger partial charge in [0.2, 0.25) is 5.91 Å². The summed E-state index contributed by atoms with van der Waals surface area (Å²) in [5.74, 6) is 0.0159. The lowest BCUT2D eigenvalue weighted by Crippen LogP contribution is -2.09. The molecule has 3 aromatic rings. The van der Waals surface area contributed by atoms with Crippen molar-refractivity contribution >= 4 is 34.3 Å². The number of para-hydroxylation sites is 1. The van der Waals surface area contributed by atoms with Gasteiger partial charge in [0.25, 0.3) is 0 Å². The van der Waals surface area contributed by atoms with E-state index in [1.807, 2.05) is 85.8 Å². The molecule has 0 fully saturated rings. The highest BCUT2D eigenvalue weighted by Crippen LogP contribution is 2.22. The van der Waals surface area contributed by atoms with Crippen LogP contribution in [0.5, 0.6) is 0 Å². The third-order valence-electron chi connectivity index (χ3n) is 3.73. The molecule has 3 aromatic carbocycles. The molecule has 126 valence electrons. The number of rotatable bonds is 6. The molecule has 0 saturated heterocycles. The largest absolute Gasteiger partial charge is 0.356 e. The fourth-order valence-electron chi connectivity index (χ4n) is 2.38. The maximum atomic E-state index is 11.4. The molecule has 0 unspecified atom stereocenters. The van der Waals surface area contributed by atoms with E-state index in [4.69, 9.17) is 0 Å².